The number of hydrogen-bond acceptors (Lipinski definition) is 3. The van der Waals surface area contributed by atoms with Gasteiger partial charge in [-0.2, -0.15) is 0 Å². The van der Waals surface area contributed by atoms with E-state index in [4.69, 9.17) is 32.7 Å². The smallest absolute Gasteiger partial charge is 0.268 e. The van der Waals surface area contributed by atoms with E-state index in [-0.39, 0.29) is 5.91 Å². The zero-order chi connectivity index (χ0) is 23.2. The summed E-state index contributed by atoms with van der Waals surface area (Å²) >= 11 is 12.6. The lowest BCUT2D eigenvalue weighted by Gasteiger charge is -2.30. The molecule has 0 radical (unpaired) electrons. The van der Waals surface area contributed by atoms with E-state index in [1.807, 2.05) is 23.9 Å². The van der Waals surface area contributed by atoms with Crippen molar-refractivity contribution < 1.29 is 14.3 Å². The number of ether oxygens (including phenoxy) is 2. The molecule has 5 nitrogen and oxygen atoms in total. The number of amides is 1. The number of aromatic nitrogens is 1. The molecule has 172 valence electrons. The molecule has 1 saturated heterocycles. The first-order valence-corrected chi connectivity index (χ1v) is 11.9. The molecule has 2 fully saturated rings. The highest BCUT2D eigenvalue weighted by atomic mass is 35.5. The number of benzene rings is 2. The highest BCUT2D eigenvalue weighted by Crippen LogP contribution is 2.42. The molecule has 1 aliphatic carbocycles. The molecule has 0 spiro atoms. The van der Waals surface area contributed by atoms with Crippen molar-refractivity contribution in [2.24, 2.45) is 13.0 Å². The molecular weight excluding hydrogens is 459 g/mol. The number of fused-ring (bicyclic) bond motifs is 1. The van der Waals surface area contributed by atoms with Crippen LogP contribution in [0, 0.1) is 5.92 Å². The fourth-order valence-electron chi connectivity index (χ4n) is 4.71. The normalized spacial score (nSPS) is 20.9. The third-order valence-corrected chi connectivity index (χ3v) is 7.57. The van der Waals surface area contributed by atoms with Crippen molar-refractivity contribution >= 4 is 45.6 Å². The van der Waals surface area contributed by atoms with E-state index in [9.17, 15) is 4.79 Å². The van der Waals surface area contributed by atoms with E-state index in [0.29, 0.717) is 41.3 Å². The molecule has 1 unspecified atom stereocenters. The maximum Gasteiger partial charge on any atom is 0.268 e. The van der Waals surface area contributed by atoms with Crippen LogP contribution in [0.15, 0.2) is 48.7 Å². The zero-order valence-corrected chi connectivity index (χ0v) is 20.2. The van der Waals surface area contributed by atoms with E-state index >= 15 is 0 Å². The number of carbonyl (C=O) groups excluding carboxylic acids is 1. The molecule has 2 heterocycles. The summed E-state index contributed by atoms with van der Waals surface area (Å²) in [5.74, 6) is 0.402. The van der Waals surface area contributed by atoms with Gasteiger partial charge in [0.2, 0.25) is 0 Å². The molecule has 33 heavy (non-hydrogen) atoms. The van der Waals surface area contributed by atoms with Crippen molar-refractivity contribution in [2.75, 3.05) is 20.3 Å². The summed E-state index contributed by atoms with van der Waals surface area (Å²) in [5, 5.41) is 4.95. The summed E-state index contributed by atoms with van der Waals surface area (Å²) < 4.78 is 12.9. The van der Waals surface area contributed by atoms with E-state index < -0.39 is 5.54 Å². The van der Waals surface area contributed by atoms with Crippen LogP contribution in [-0.4, -0.2) is 30.8 Å². The first kappa shape index (κ1) is 22.3. The van der Waals surface area contributed by atoms with Crippen LogP contribution in [0.2, 0.25) is 10.0 Å². The summed E-state index contributed by atoms with van der Waals surface area (Å²) in [6.45, 7) is 1.02. The van der Waals surface area contributed by atoms with Crippen LogP contribution in [0.1, 0.15) is 40.9 Å². The Kier molecular flexibility index (Phi) is 5.89. The van der Waals surface area contributed by atoms with Crippen molar-refractivity contribution in [3.8, 4) is 0 Å². The largest absolute Gasteiger partial charge is 0.504 e. The molecular formula is C26H26Cl2N2O3. The van der Waals surface area contributed by atoms with Gasteiger partial charge in [0.25, 0.3) is 5.91 Å². The standard InChI is InChI=1S/C26H26Cl2N2O3/c1-30-22-10-9-21(27)24(28)19(22)13-23(30)25(31)29-26(11-12-33-15-26)18-7-5-17(6-8-18)20(14-32-2)16-3-4-16/h5-10,13-14,16H,3-4,11-12,15H2,1-2H3,(H,29,31). The van der Waals surface area contributed by atoms with Crippen LogP contribution < -0.4 is 5.32 Å². The van der Waals surface area contributed by atoms with Crippen molar-refractivity contribution in [3.05, 3.63) is 75.6 Å². The fraction of sp³-hybridized carbons (Fsp3) is 0.346. The molecule has 5 rings (SSSR count). The number of halogens is 2. The number of allylic oxidation sites excluding steroid dienone is 1. The number of aryl methyl sites for hydroxylation is 1. The Morgan fingerprint density at radius 1 is 1.21 bits per heavy atom. The van der Waals surface area contributed by atoms with E-state index in [0.717, 1.165) is 22.0 Å². The van der Waals surface area contributed by atoms with Gasteiger partial charge in [-0.05, 0) is 53.7 Å². The van der Waals surface area contributed by atoms with E-state index in [1.54, 1.807) is 19.2 Å². The van der Waals surface area contributed by atoms with Crippen molar-refractivity contribution in [2.45, 2.75) is 24.8 Å². The van der Waals surface area contributed by atoms with Crippen molar-refractivity contribution in [1.29, 1.82) is 0 Å². The average molecular weight is 485 g/mol. The first-order chi connectivity index (χ1) is 15.9. The number of methoxy groups -OCH3 is 1. The summed E-state index contributed by atoms with van der Waals surface area (Å²) in [6.07, 6.45) is 4.95. The SMILES string of the molecule is COC=C(c1ccc(C2(NC(=O)c3cc4c(Cl)c(Cl)ccc4n3C)CCOC2)cc1)C1CC1. The first-order valence-electron chi connectivity index (χ1n) is 11.1. The molecule has 1 amide bonds. The van der Waals surface area contributed by atoms with E-state index in [1.165, 1.54) is 18.4 Å². The van der Waals surface area contributed by atoms with Gasteiger partial charge >= 0.3 is 0 Å². The number of hydrogen-bond donors (Lipinski definition) is 1. The van der Waals surface area contributed by atoms with Crippen LogP contribution >= 0.6 is 23.2 Å². The maximum atomic E-state index is 13.4. The molecule has 2 aliphatic rings. The Labute approximate surface area is 203 Å². The van der Waals surface area contributed by atoms with Gasteiger partial charge in [0, 0.05) is 31.0 Å². The third kappa shape index (κ3) is 4.03. The summed E-state index contributed by atoms with van der Waals surface area (Å²) in [4.78, 5) is 13.4. The predicted octanol–water partition coefficient (Wildman–Crippen LogP) is 5.93. The molecule has 3 aromatic rings. The number of nitrogens with one attached hydrogen (secondary N) is 1. The van der Waals surface area contributed by atoms with Gasteiger partial charge in [0.05, 0.1) is 35.6 Å². The van der Waals surface area contributed by atoms with Crippen LogP contribution in [0.25, 0.3) is 16.5 Å². The van der Waals surface area contributed by atoms with Crippen molar-refractivity contribution in [3.63, 3.8) is 0 Å². The Bertz CT molecular complexity index is 1240. The quantitative estimate of drug-likeness (QED) is 0.441. The maximum absolute atomic E-state index is 13.4. The van der Waals surface area contributed by atoms with Gasteiger partial charge in [-0.25, -0.2) is 0 Å². The second-order valence-electron chi connectivity index (χ2n) is 8.88. The molecule has 1 N–H and O–H groups in total. The highest BCUT2D eigenvalue weighted by Gasteiger charge is 2.39. The Morgan fingerprint density at radius 3 is 2.61 bits per heavy atom. The minimum Gasteiger partial charge on any atom is -0.504 e. The summed E-state index contributed by atoms with van der Waals surface area (Å²) in [5.41, 5.74) is 4.21. The highest BCUT2D eigenvalue weighted by molar-refractivity contribution is 6.45. The lowest BCUT2D eigenvalue weighted by Crippen LogP contribution is -2.47. The Balaban J connectivity index is 1.45. The predicted molar refractivity (Wildman–Crippen MR) is 132 cm³/mol. The van der Waals surface area contributed by atoms with Gasteiger partial charge in [-0.3, -0.25) is 4.79 Å². The van der Waals surface area contributed by atoms with Gasteiger partial charge < -0.3 is 19.4 Å². The molecule has 1 atom stereocenters. The third-order valence-electron chi connectivity index (χ3n) is 6.75. The fourth-order valence-corrected chi connectivity index (χ4v) is 5.09. The van der Waals surface area contributed by atoms with Crippen LogP contribution in [0.4, 0.5) is 0 Å². The van der Waals surface area contributed by atoms with Gasteiger partial charge in [0.1, 0.15) is 5.69 Å². The van der Waals surface area contributed by atoms with Crippen LogP contribution in [0.5, 0.6) is 0 Å². The van der Waals surface area contributed by atoms with Gasteiger partial charge in [0.15, 0.2) is 0 Å². The van der Waals surface area contributed by atoms with E-state index in [2.05, 4.69) is 29.6 Å². The number of nitrogens with zero attached hydrogens (tertiary/aromatic N) is 1. The van der Waals surface area contributed by atoms with Gasteiger partial charge in [-0.15, -0.1) is 0 Å². The molecule has 1 aromatic heterocycles. The van der Waals surface area contributed by atoms with Crippen molar-refractivity contribution in [1.82, 2.24) is 9.88 Å². The second-order valence-corrected chi connectivity index (χ2v) is 9.67. The Hall–Kier alpha value is -2.47. The summed E-state index contributed by atoms with van der Waals surface area (Å²) in [6, 6.07) is 13.8. The van der Waals surface area contributed by atoms with Crippen LogP contribution in [0.3, 0.4) is 0 Å². The molecule has 7 heteroatoms. The number of rotatable bonds is 6. The minimum absolute atomic E-state index is 0.173. The second kappa shape index (κ2) is 8.71. The average Bonchev–Trinajstić information content (AvgIpc) is 3.45. The van der Waals surface area contributed by atoms with Crippen LogP contribution in [-0.2, 0) is 22.1 Å². The lowest BCUT2D eigenvalue weighted by molar-refractivity contribution is 0.0868. The zero-order valence-electron chi connectivity index (χ0n) is 18.7. The topological polar surface area (TPSA) is 52.5 Å². The molecule has 0 bridgehead atoms. The minimum atomic E-state index is -0.585. The Morgan fingerprint density at radius 2 is 1.97 bits per heavy atom. The number of carbonyl (C=O) groups is 1. The monoisotopic (exact) mass is 484 g/mol. The molecule has 1 saturated carbocycles. The molecule has 1 aliphatic heterocycles. The summed E-state index contributed by atoms with van der Waals surface area (Å²) in [7, 11) is 3.54. The van der Waals surface area contributed by atoms with Gasteiger partial charge in [-0.1, -0.05) is 47.5 Å². The lowest BCUT2D eigenvalue weighted by atomic mass is 9.87. The molecule has 2 aromatic carbocycles.